The van der Waals surface area contributed by atoms with Crippen molar-refractivity contribution in [2.45, 2.75) is 0 Å². The minimum absolute atomic E-state index is 0.155. The SMILES string of the molecule is C=C/C=C(\C=C)CP(C)C. The first kappa shape index (κ1) is 9.65. The molecular formula is C9H15P. The lowest BCUT2D eigenvalue weighted by molar-refractivity contribution is 1.53. The van der Waals surface area contributed by atoms with Crippen LogP contribution in [-0.4, -0.2) is 19.5 Å². The molecule has 0 aromatic rings. The van der Waals surface area contributed by atoms with Gasteiger partial charge < -0.3 is 0 Å². The minimum atomic E-state index is 0.155. The summed E-state index contributed by atoms with van der Waals surface area (Å²) in [5.41, 5.74) is 1.30. The highest BCUT2D eigenvalue weighted by Gasteiger charge is 1.93. The molecule has 0 N–H and O–H groups in total. The Morgan fingerprint density at radius 3 is 2.30 bits per heavy atom. The van der Waals surface area contributed by atoms with Crippen LogP contribution in [0.2, 0.25) is 0 Å². The zero-order valence-electron chi connectivity index (χ0n) is 6.80. The average molecular weight is 154 g/mol. The smallest absolute Gasteiger partial charge is 0.00783 e. The van der Waals surface area contributed by atoms with E-state index in [0.717, 1.165) is 6.16 Å². The van der Waals surface area contributed by atoms with Crippen molar-refractivity contribution in [3.05, 3.63) is 37.0 Å². The predicted octanol–water partition coefficient (Wildman–Crippen LogP) is 3.03. The molecule has 0 aromatic heterocycles. The van der Waals surface area contributed by atoms with Gasteiger partial charge in [0.25, 0.3) is 0 Å². The fraction of sp³-hybridized carbons (Fsp3) is 0.333. The monoisotopic (exact) mass is 154 g/mol. The molecule has 0 radical (unpaired) electrons. The Balaban J connectivity index is 3.95. The van der Waals surface area contributed by atoms with Crippen LogP contribution in [0.1, 0.15) is 0 Å². The van der Waals surface area contributed by atoms with Gasteiger partial charge in [-0.05, 0) is 25.1 Å². The third-order valence-electron chi connectivity index (χ3n) is 1.09. The molecule has 0 aliphatic rings. The molecule has 0 amide bonds. The van der Waals surface area contributed by atoms with Gasteiger partial charge in [0.2, 0.25) is 0 Å². The van der Waals surface area contributed by atoms with Crippen LogP contribution in [0.15, 0.2) is 37.0 Å². The van der Waals surface area contributed by atoms with Crippen LogP contribution in [0.25, 0.3) is 0 Å². The maximum absolute atomic E-state index is 3.73. The molecule has 0 heterocycles. The second kappa shape index (κ2) is 5.44. The van der Waals surface area contributed by atoms with Gasteiger partial charge in [-0.1, -0.05) is 31.4 Å². The lowest BCUT2D eigenvalue weighted by atomic mass is 10.3. The standard InChI is InChI=1S/C9H15P/c1-5-7-9(6-2)8-10(3)4/h5-7H,1-2,8H2,3-4H3/b9-7+. The Labute approximate surface area is 65.1 Å². The highest BCUT2D eigenvalue weighted by atomic mass is 31.1. The maximum Gasteiger partial charge on any atom is -0.00783 e. The molecule has 0 nitrogen and oxygen atoms in total. The molecule has 1 heteroatoms. The first-order valence-electron chi connectivity index (χ1n) is 3.29. The second-order valence-corrected chi connectivity index (χ2v) is 4.89. The predicted molar refractivity (Wildman–Crippen MR) is 52.1 cm³/mol. The molecule has 0 aliphatic carbocycles. The number of rotatable bonds is 4. The highest BCUT2D eigenvalue weighted by Crippen LogP contribution is 2.27. The third-order valence-corrected chi connectivity index (χ3v) is 2.09. The van der Waals surface area contributed by atoms with Crippen LogP contribution in [0.3, 0.4) is 0 Å². The van der Waals surface area contributed by atoms with Crippen molar-refractivity contribution in [2.24, 2.45) is 0 Å². The molecule has 10 heavy (non-hydrogen) atoms. The molecule has 0 bridgehead atoms. The van der Waals surface area contributed by atoms with Crippen molar-refractivity contribution in [1.82, 2.24) is 0 Å². The van der Waals surface area contributed by atoms with Crippen molar-refractivity contribution in [3.8, 4) is 0 Å². The summed E-state index contributed by atoms with van der Waals surface area (Å²) in [7, 11) is 0.155. The van der Waals surface area contributed by atoms with Gasteiger partial charge in [0, 0.05) is 0 Å². The highest BCUT2D eigenvalue weighted by molar-refractivity contribution is 7.56. The van der Waals surface area contributed by atoms with E-state index in [9.17, 15) is 0 Å². The minimum Gasteiger partial charge on any atom is -0.109 e. The Hall–Kier alpha value is -0.350. The number of hydrogen-bond donors (Lipinski definition) is 0. The van der Waals surface area contributed by atoms with Crippen LogP contribution in [0.5, 0.6) is 0 Å². The fourth-order valence-corrected chi connectivity index (χ4v) is 1.67. The zero-order valence-corrected chi connectivity index (χ0v) is 7.70. The van der Waals surface area contributed by atoms with E-state index in [4.69, 9.17) is 0 Å². The summed E-state index contributed by atoms with van der Waals surface area (Å²) in [6.45, 7) is 11.9. The van der Waals surface area contributed by atoms with Crippen molar-refractivity contribution in [3.63, 3.8) is 0 Å². The summed E-state index contributed by atoms with van der Waals surface area (Å²) in [4.78, 5) is 0. The molecule has 56 valence electrons. The Morgan fingerprint density at radius 1 is 1.40 bits per heavy atom. The van der Waals surface area contributed by atoms with Crippen molar-refractivity contribution < 1.29 is 0 Å². The molecule has 0 unspecified atom stereocenters. The van der Waals surface area contributed by atoms with E-state index in [1.807, 2.05) is 18.2 Å². The molecule has 0 spiro atoms. The lowest BCUT2D eigenvalue weighted by Crippen LogP contribution is -1.83. The van der Waals surface area contributed by atoms with E-state index in [1.165, 1.54) is 5.57 Å². The van der Waals surface area contributed by atoms with Crippen molar-refractivity contribution >= 4 is 7.92 Å². The van der Waals surface area contributed by atoms with Crippen molar-refractivity contribution in [2.75, 3.05) is 19.5 Å². The van der Waals surface area contributed by atoms with Gasteiger partial charge in [-0.2, -0.15) is 0 Å². The van der Waals surface area contributed by atoms with E-state index in [2.05, 4.69) is 26.5 Å². The van der Waals surface area contributed by atoms with Crippen LogP contribution < -0.4 is 0 Å². The fourth-order valence-electron chi connectivity index (χ4n) is 0.702. The summed E-state index contributed by atoms with van der Waals surface area (Å²) in [6, 6.07) is 0. The van der Waals surface area contributed by atoms with Crippen LogP contribution in [0, 0.1) is 0 Å². The first-order chi connectivity index (χ1) is 4.70. The Morgan fingerprint density at radius 2 is 2.00 bits per heavy atom. The van der Waals surface area contributed by atoms with E-state index < -0.39 is 0 Å². The lowest BCUT2D eigenvalue weighted by Gasteiger charge is -2.04. The average Bonchev–Trinajstić information content (AvgIpc) is 1.86. The van der Waals surface area contributed by atoms with Gasteiger partial charge in [0.15, 0.2) is 0 Å². The molecule has 0 aromatic carbocycles. The summed E-state index contributed by atoms with van der Waals surface area (Å²) < 4.78 is 0. The molecule has 0 fully saturated rings. The summed E-state index contributed by atoms with van der Waals surface area (Å²) in [5.74, 6) is 0. The van der Waals surface area contributed by atoms with Crippen molar-refractivity contribution in [1.29, 1.82) is 0 Å². The van der Waals surface area contributed by atoms with E-state index >= 15 is 0 Å². The molecule has 0 atom stereocenters. The maximum atomic E-state index is 3.73. The first-order valence-corrected chi connectivity index (χ1v) is 5.71. The molecule has 0 rings (SSSR count). The van der Waals surface area contributed by atoms with Gasteiger partial charge in [-0.15, -0.1) is 7.92 Å². The molecule has 0 saturated carbocycles. The van der Waals surface area contributed by atoms with Crippen LogP contribution in [0.4, 0.5) is 0 Å². The second-order valence-electron chi connectivity index (χ2n) is 2.42. The molecule has 0 saturated heterocycles. The number of allylic oxidation sites excluding steroid dienone is 4. The van der Waals surface area contributed by atoms with Gasteiger partial charge in [-0.3, -0.25) is 0 Å². The van der Waals surface area contributed by atoms with E-state index in [0.29, 0.717) is 0 Å². The van der Waals surface area contributed by atoms with E-state index in [1.54, 1.807) is 0 Å². The molecule has 0 aliphatic heterocycles. The van der Waals surface area contributed by atoms with E-state index in [-0.39, 0.29) is 7.92 Å². The summed E-state index contributed by atoms with van der Waals surface area (Å²) >= 11 is 0. The summed E-state index contributed by atoms with van der Waals surface area (Å²) in [5, 5.41) is 0. The van der Waals surface area contributed by atoms with Gasteiger partial charge in [0.05, 0.1) is 0 Å². The van der Waals surface area contributed by atoms with Gasteiger partial charge in [-0.25, -0.2) is 0 Å². The Bertz CT molecular complexity index is 143. The summed E-state index contributed by atoms with van der Waals surface area (Å²) in [6.07, 6.45) is 6.90. The largest absolute Gasteiger partial charge is 0.109 e. The van der Waals surface area contributed by atoms with Crippen LogP contribution in [-0.2, 0) is 0 Å². The van der Waals surface area contributed by atoms with Crippen LogP contribution >= 0.6 is 7.92 Å². The quantitative estimate of drug-likeness (QED) is 0.431. The van der Waals surface area contributed by atoms with Gasteiger partial charge >= 0.3 is 0 Å². The zero-order chi connectivity index (χ0) is 7.98. The Kier molecular flexibility index (Phi) is 5.25. The normalized spacial score (nSPS) is 11.7. The van der Waals surface area contributed by atoms with Gasteiger partial charge in [0.1, 0.15) is 0 Å². The molecular weight excluding hydrogens is 139 g/mol. The third kappa shape index (κ3) is 4.52. The number of hydrogen-bond acceptors (Lipinski definition) is 0. The topological polar surface area (TPSA) is 0 Å².